The fraction of sp³-hybridized carbons (Fsp3) is 0.346. The summed E-state index contributed by atoms with van der Waals surface area (Å²) in [6, 6.07) is 13.7. The van der Waals surface area contributed by atoms with E-state index in [1.807, 2.05) is 42.5 Å². The molecule has 2 aromatic carbocycles. The molecule has 1 heterocycles. The molecular formula is C26H33N5O4. The van der Waals surface area contributed by atoms with Crippen molar-refractivity contribution < 1.29 is 19.5 Å². The van der Waals surface area contributed by atoms with Crippen LogP contribution in [0.2, 0.25) is 0 Å². The molecule has 0 saturated carbocycles. The lowest BCUT2D eigenvalue weighted by molar-refractivity contribution is -0.142. The molecule has 1 aromatic heterocycles. The van der Waals surface area contributed by atoms with Gasteiger partial charge < -0.3 is 32.2 Å². The smallest absolute Gasteiger partial charge is 0.326 e. The quantitative estimate of drug-likeness (QED) is 0.203. The van der Waals surface area contributed by atoms with E-state index >= 15 is 0 Å². The molecule has 0 aliphatic heterocycles. The highest BCUT2D eigenvalue weighted by molar-refractivity contribution is 5.93. The van der Waals surface area contributed by atoms with Crippen LogP contribution in [0.5, 0.6) is 0 Å². The second-order valence-corrected chi connectivity index (χ2v) is 8.60. The van der Waals surface area contributed by atoms with Gasteiger partial charge in [0.25, 0.3) is 0 Å². The Balaban J connectivity index is 1.78. The Kier molecular flexibility index (Phi) is 9.39. The Bertz CT molecular complexity index is 1130. The van der Waals surface area contributed by atoms with Gasteiger partial charge in [-0.25, -0.2) is 4.79 Å². The van der Waals surface area contributed by atoms with Gasteiger partial charge in [0.2, 0.25) is 11.8 Å². The number of aromatic amines is 1. The first-order chi connectivity index (χ1) is 16.9. The third kappa shape index (κ3) is 7.40. The topological polar surface area (TPSA) is 163 Å². The maximum atomic E-state index is 13.3. The fourth-order valence-corrected chi connectivity index (χ4v) is 3.97. The molecule has 3 aromatic rings. The lowest BCUT2D eigenvalue weighted by atomic mass is 10.0. The Labute approximate surface area is 204 Å². The van der Waals surface area contributed by atoms with Crippen molar-refractivity contribution in [2.75, 3.05) is 6.54 Å². The zero-order chi connectivity index (χ0) is 25.2. The van der Waals surface area contributed by atoms with E-state index in [1.165, 1.54) is 0 Å². The fourth-order valence-electron chi connectivity index (χ4n) is 3.97. The maximum absolute atomic E-state index is 13.3. The number of carbonyl (C=O) groups is 3. The van der Waals surface area contributed by atoms with Crippen LogP contribution in [0.3, 0.4) is 0 Å². The highest BCUT2D eigenvalue weighted by Gasteiger charge is 2.29. The molecule has 0 spiro atoms. The van der Waals surface area contributed by atoms with Crippen molar-refractivity contribution in [1.29, 1.82) is 0 Å². The summed E-state index contributed by atoms with van der Waals surface area (Å²) in [7, 11) is 0. The number of aliphatic carboxylic acids is 1. The zero-order valence-electron chi connectivity index (χ0n) is 19.6. The number of rotatable bonds is 13. The van der Waals surface area contributed by atoms with Crippen LogP contribution in [0.25, 0.3) is 10.9 Å². The van der Waals surface area contributed by atoms with E-state index in [4.69, 9.17) is 11.5 Å². The van der Waals surface area contributed by atoms with Gasteiger partial charge in [-0.2, -0.15) is 0 Å². The van der Waals surface area contributed by atoms with Crippen molar-refractivity contribution in [3.05, 3.63) is 71.9 Å². The number of carboxylic acid groups (broad SMARTS) is 1. The summed E-state index contributed by atoms with van der Waals surface area (Å²) in [4.78, 5) is 41.1. The van der Waals surface area contributed by atoms with Gasteiger partial charge in [0, 0.05) is 29.9 Å². The number of amides is 2. The van der Waals surface area contributed by atoms with Crippen LogP contribution in [0.1, 0.15) is 30.4 Å². The lowest BCUT2D eigenvalue weighted by Crippen LogP contribution is -2.55. The number of nitrogens with two attached hydrogens (primary N) is 2. The molecule has 9 heteroatoms. The van der Waals surface area contributed by atoms with Gasteiger partial charge >= 0.3 is 5.97 Å². The predicted octanol–water partition coefficient (Wildman–Crippen LogP) is 1.46. The van der Waals surface area contributed by atoms with E-state index in [0.717, 1.165) is 28.5 Å². The third-order valence-electron chi connectivity index (χ3n) is 5.94. The molecule has 3 rings (SSSR count). The third-order valence-corrected chi connectivity index (χ3v) is 5.94. The van der Waals surface area contributed by atoms with E-state index in [1.54, 1.807) is 18.3 Å². The molecule has 0 aliphatic rings. The average molecular weight is 480 g/mol. The van der Waals surface area contributed by atoms with Crippen LogP contribution < -0.4 is 22.1 Å². The number of nitrogens with one attached hydrogen (secondary N) is 3. The zero-order valence-corrected chi connectivity index (χ0v) is 19.6. The van der Waals surface area contributed by atoms with Gasteiger partial charge in [0.1, 0.15) is 12.1 Å². The van der Waals surface area contributed by atoms with E-state index in [-0.39, 0.29) is 12.8 Å². The summed E-state index contributed by atoms with van der Waals surface area (Å²) in [5.41, 5.74) is 14.1. The Morgan fingerprint density at radius 1 is 0.886 bits per heavy atom. The van der Waals surface area contributed by atoms with Crippen LogP contribution >= 0.6 is 0 Å². The highest BCUT2D eigenvalue weighted by atomic mass is 16.4. The SMILES string of the molecule is NCCCC[C@H](N)C(=O)N[C@@H](Cc1c[nH]c2ccccc12)C(=O)N[C@@H](Cc1ccccc1)C(=O)O. The molecule has 0 radical (unpaired) electrons. The second kappa shape index (κ2) is 12.7. The first-order valence-electron chi connectivity index (χ1n) is 11.8. The number of H-pyrrole nitrogens is 1. The first kappa shape index (κ1) is 25.9. The van der Waals surface area contributed by atoms with E-state index < -0.39 is 35.9 Å². The minimum atomic E-state index is -1.15. The van der Waals surface area contributed by atoms with Gasteiger partial charge in [-0.05, 0) is 36.6 Å². The second-order valence-electron chi connectivity index (χ2n) is 8.60. The van der Waals surface area contributed by atoms with Gasteiger partial charge in [-0.15, -0.1) is 0 Å². The molecule has 2 amide bonds. The van der Waals surface area contributed by atoms with Gasteiger partial charge in [-0.3, -0.25) is 9.59 Å². The van der Waals surface area contributed by atoms with Crippen molar-refractivity contribution in [2.24, 2.45) is 11.5 Å². The molecule has 8 N–H and O–H groups in total. The van der Waals surface area contributed by atoms with Gasteiger partial charge in [0.15, 0.2) is 0 Å². The standard InChI is InChI=1S/C26H33N5O4/c27-13-7-6-11-20(28)24(32)30-22(15-18-16-29-21-12-5-4-10-19(18)21)25(33)31-23(26(34)35)14-17-8-2-1-3-9-17/h1-5,8-10,12,16,20,22-23,29H,6-7,11,13-15,27-28H2,(H,30,32)(H,31,33)(H,34,35)/t20-,22-,23-/m0/s1. The normalized spacial score (nSPS) is 13.7. The minimum Gasteiger partial charge on any atom is -0.480 e. The monoisotopic (exact) mass is 479 g/mol. The largest absolute Gasteiger partial charge is 0.480 e. The predicted molar refractivity (Wildman–Crippen MR) is 135 cm³/mol. The summed E-state index contributed by atoms with van der Waals surface area (Å²) >= 11 is 0. The number of hydrogen-bond acceptors (Lipinski definition) is 5. The molecule has 186 valence electrons. The van der Waals surface area contributed by atoms with E-state index in [9.17, 15) is 19.5 Å². The van der Waals surface area contributed by atoms with Crippen LogP contribution in [0.15, 0.2) is 60.8 Å². The van der Waals surface area contributed by atoms with Crippen molar-refractivity contribution in [3.63, 3.8) is 0 Å². The number of benzene rings is 2. The molecule has 0 aliphatic carbocycles. The van der Waals surface area contributed by atoms with Crippen LogP contribution in [-0.4, -0.2) is 52.5 Å². The molecular weight excluding hydrogens is 446 g/mol. The van der Waals surface area contributed by atoms with Gasteiger partial charge in [0.05, 0.1) is 6.04 Å². The lowest BCUT2D eigenvalue weighted by Gasteiger charge is -2.23. The van der Waals surface area contributed by atoms with E-state index in [0.29, 0.717) is 19.4 Å². The molecule has 0 bridgehead atoms. The van der Waals surface area contributed by atoms with Crippen molar-refractivity contribution in [1.82, 2.24) is 15.6 Å². The highest BCUT2D eigenvalue weighted by Crippen LogP contribution is 2.19. The number of unbranched alkanes of at least 4 members (excludes halogenated alkanes) is 1. The summed E-state index contributed by atoms with van der Waals surface area (Å²) in [5, 5.41) is 16.0. The number of para-hydroxylation sites is 1. The van der Waals surface area contributed by atoms with Crippen molar-refractivity contribution in [3.8, 4) is 0 Å². The number of aromatic nitrogens is 1. The summed E-state index contributed by atoms with van der Waals surface area (Å²) in [6.45, 7) is 0.512. The van der Waals surface area contributed by atoms with Crippen LogP contribution in [0, 0.1) is 0 Å². The molecule has 3 atom stereocenters. The minimum absolute atomic E-state index is 0.119. The van der Waals surface area contributed by atoms with Crippen molar-refractivity contribution >= 4 is 28.7 Å². The van der Waals surface area contributed by atoms with Gasteiger partial charge in [-0.1, -0.05) is 55.0 Å². The Morgan fingerprint density at radius 3 is 2.29 bits per heavy atom. The van der Waals surface area contributed by atoms with Crippen LogP contribution in [0.4, 0.5) is 0 Å². The summed E-state index contributed by atoms with van der Waals surface area (Å²) in [5.74, 6) is -2.20. The van der Waals surface area contributed by atoms with E-state index in [2.05, 4.69) is 15.6 Å². The Hall–Kier alpha value is -3.69. The molecule has 9 nitrogen and oxygen atoms in total. The number of fused-ring (bicyclic) bond motifs is 1. The number of hydrogen-bond donors (Lipinski definition) is 6. The van der Waals surface area contributed by atoms with Crippen LogP contribution in [-0.2, 0) is 27.2 Å². The molecule has 35 heavy (non-hydrogen) atoms. The average Bonchev–Trinajstić information content (AvgIpc) is 3.26. The van der Waals surface area contributed by atoms with Crippen molar-refractivity contribution in [2.45, 2.75) is 50.2 Å². The maximum Gasteiger partial charge on any atom is 0.326 e. The summed E-state index contributed by atoms with van der Waals surface area (Å²) in [6.07, 6.45) is 3.97. The first-order valence-corrected chi connectivity index (χ1v) is 11.8. The summed E-state index contributed by atoms with van der Waals surface area (Å²) < 4.78 is 0. The molecule has 0 saturated heterocycles. The number of carbonyl (C=O) groups excluding carboxylic acids is 2. The molecule has 0 unspecified atom stereocenters. The Morgan fingerprint density at radius 2 is 1.57 bits per heavy atom. The molecule has 0 fully saturated rings. The number of carboxylic acids is 1.